The molecule has 0 heterocycles. The predicted octanol–water partition coefficient (Wildman–Crippen LogP) is 3.65. The molecule has 0 radical (unpaired) electrons. The van der Waals surface area contributed by atoms with E-state index in [-0.39, 0.29) is 11.8 Å². The maximum atomic E-state index is 11.0. The van der Waals surface area contributed by atoms with Crippen LogP contribution in [0.3, 0.4) is 0 Å². The van der Waals surface area contributed by atoms with Gasteiger partial charge in [-0.3, -0.25) is 4.79 Å². The standard InChI is InChI=1S/C14H22O2/c1-9(2)12-7-6-10(3)14(5,11(12)4)8-13(15)16/h6,11-12H,1,7-8H2,2-5H3,(H,15,16)/t11-,12-,14-/m0/s1. The van der Waals surface area contributed by atoms with Gasteiger partial charge in [-0.1, -0.05) is 37.6 Å². The Bertz CT molecular complexity index is 341. The number of aliphatic carboxylic acids is 1. The van der Waals surface area contributed by atoms with Crippen molar-refractivity contribution in [2.24, 2.45) is 17.3 Å². The van der Waals surface area contributed by atoms with Gasteiger partial charge in [0, 0.05) is 5.41 Å². The largest absolute Gasteiger partial charge is 0.481 e. The van der Waals surface area contributed by atoms with Gasteiger partial charge in [0.15, 0.2) is 0 Å². The first-order valence-corrected chi connectivity index (χ1v) is 5.83. The highest BCUT2D eigenvalue weighted by Crippen LogP contribution is 2.48. The van der Waals surface area contributed by atoms with Gasteiger partial charge >= 0.3 is 5.97 Å². The highest BCUT2D eigenvalue weighted by molar-refractivity contribution is 5.68. The summed E-state index contributed by atoms with van der Waals surface area (Å²) < 4.78 is 0. The molecule has 0 bridgehead atoms. The number of allylic oxidation sites excluding steroid dienone is 3. The van der Waals surface area contributed by atoms with E-state index in [2.05, 4.69) is 26.5 Å². The number of carboxylic acids is 1. The minimum atomic E-state index is -0.718. The summed E-state index contributed by atoms with van der Waals surface area (Å²) in [5.74, 6) is 0.0311. The quantitative estimate of drug-likeness (QED) is 0.740. The third-order valence-electron chi connectivity index (χ3n) is 4.34. The topological polar surface area (TPSA) is 37.3 Å². The molecule has 0 fully saturated rings. The van der Waals surface area contributed by atoms with Gasteiger partial charge in [-0.2, -0.15) is 0 Å². The summed E-state index contributed by atoms with van der Waals surface area (Å²) in [5, 5.41) is 9.04. The molecule has 16 heavy (non-hydrogen) atoms. The van der Waals surface area contributed by atoms with E-state index < -0.39 is 5.97 Å². The minimum absolute atomic E-state index is 0.209. The van der Waals surface area contributed by atoms with Gasteiger partial charge in [0.1, 0.15) is 0 Å². The second-order valence-corrected chi connectivity index (χ2v) is 5.35. The number of carboxylic acid groups (broad SMARTS) is 1. The van der Waals surface area contributed by atoms with Crippen LogP contribution in [0, 0.1) is 17.3 Å². The van der Waals surface area contributed by atoms with Crippen molar-refractivity contribution in [2.45, 2.75) is 40.5 Å². The van der Waals surface area contributed by atoms with Gasteiger partial charge in [-0.15, -0.1) is 0 Å². The molecule has 0 amide bonds. The Balaban J connectivity index is 3.05. The molecule has 0 spiro atoms. The first-order valence-electron chi connectivity index (χ1n) is 5.83. The van der Waals surface area contributed by atoms with E-state index in [0.29, 0.717) is 11.8 Å². The molecule has 0 aromatic rings. The molecule has 90 valence electrons. The Labute approximate surface area is 98.1 Å². The summed E-state index contributed by atoms with van der Waals surface area (Å²) in [7, 11) is 0. The molecule has 1 N–H and O–H groups in total. The van der Waals surface area contributed by atoms with Crippen molar-refractivity contribution >= 4 is 5.97 Å². The summed E-state index contributed by atoms with van der Waals surface area (Å²) in [5.41, 5.74) is 2.14. The van der Waals surface area contributed by atoms with Gasteiger partial charge in [0.25, 0.3) is 0 Å². The lowest BCUT2D eigenvalue weighted by molar-refractivity contribution is -0.140. The van der Waals surface area contributed by atoms with E-state index in [1.54, 1.807) is 0 Å². The SMILES string of the molecule is C=C(C)[C@@H]1CC=C(C)[C@](C)(CC(=O)O)[C@H]1C. The van der Waals surface area contributed by atoms with Crippen LogP contribution in [0.25, 0.3) is 0 Å². The summed E-state index contributed by atoms with van der Waals surface area (Å²) in [6.45, 7) is 12.3. The Morgan fingerprint density at radius 3 is 2.69 bits per heavy atom. The molecule has 1 aliphatic rings. The lowest BCUT2D eigenvalue weighted by atomic mass is 9.60. The monoisotopic (exact) mass is 222 g/mol. The average Bonchev–Trinajstić information content (AvgIpc) is 2.13. The van der Waals surface area contributed by atoms with Crippen LogP contribution >= 0.6 is 0 Å². The van der Waals surface area contributed by atoms with Gasteiger partial charge < -0.3 is 5.11 Å². The van der Waals surface area contributed by atoms with Gasteiger partial charge in [-0.25, -0.2) is 0 Å². The molecule has 2 heteroatoms. The van der Waals surface area contributed by atoms with E-state index in [1.807, 2.05) is 13.8 Å². The average molecular weight is 222 g/mol. The molecule has 1 rings (SSSR count). The first-order chi connectivity index (χ1) is 7.29. The summed E-state index contributed by atoms with van der Waals surface area (Å²) in [6.07, 6.45) is 3.39. The molecule has 1 aliphatic carbocycles. The number of carbonyl (C=O) groups is 1. The Morgan fingerprint density at radius 2 is 2.25 bits per heavy atom. The fourth-order valence-corrected chi connectivity index (χ4v) is 2.79. The van der Waals surface area contributed by atoms with E-state index in [1.165, 1.54) is 5.57 Å². The Kier molecular flexibility index (Phi) is 3.61. The van der Waals surface area contributed by atoms with E-state index in [4.69, 9.17) is 5.11 Å². The lowest BCUT2D eigenvalue weighted by Gasteiger charge is -2.44. The van der Waals surface area contributed by atoms with Crippen molar-refractivity contribution in [3.05, 3.63) is 23.8 Å². The highest BCUT2D eigenvalue weighted by atomic mass is 16.4. The van der Waals surface area contributed by atoms with Crippen molar-refractivity contribution in [3.8, 4) is 0 Å². The van der Waals surface area contributed by atoms with Crippen LogP contribution in [0.4, 0.5) is 0 Å². The van der Waals surface area contributed by atoms with Crippen LogP contribution in [0.5, 0.6) is 0 Å². The third-order valence-corrected chi connectivity index (χ3v) is 4.34. The summed E-state index contributed by atoms with van der Waals surface area (Å²) >= 11 is 0. The fraction of sp³-hybridized carbons (Fsp3) is 0.643. The number of rotatable bonds is 3. The maximum absolute atomic E-state index is 11.0. The van der Waals surface area contributed by atoms with Crippen LogP contribution in [0.2, 0.25) is 0 Å². The molecule has 3 atom stereocenters. The van der Waals surface area contributed by atoms with Crippen LogP contribution in [0.1, 0.15) is 40.5 Å². The van der Waals surface area contributed by atoms with Crippen LogP contribution < -0.4 is 0 Å². The van der Waals surface area contributed by atoms with Crippen LogP contribution in [0.15, 0.2) is 23.8 Å². The molecule has 0 aromatic carbocycles. The van der Waals surface area contributed by atoms with E-state index in [9.17, 15) is 4.79 Å². The molecule has 0 aliphatic heterocycles. The smallest absolute Gasteiger partial charge is 0.304 e. The van der Waals surface area contributed by atoms with Crippen molar-refractivity contribution < 1.29 is 9.90 Å². The van der Waals surface area contributed by atoms with Crippen molar-refractivity contribution in [1.82, 2.24) is 0 Å². The van der Waals surface area contributed by atoms with E-state index in [0.717, 1.165) is 12.0 Å². The van der Waals surface area contributed by atoms with Gasteiger partial charge in [0.2, 0.25) is 0 Å². The van der Waals surface area contributed by atoms with Crippen molar-refractivity contribution in [1.29, 1.82) is 0 Å². The van der Waals surface area contributed by atoms with Crippen molar-refractivity contribution in [3.63, 3.8) is 0 Å². The summed E-state index contributed by atoms with van der Waals surface area (Å²) in [4.78, 5) is 11.0. The minimum Gasteiger partial charge on any atom is -0.481 e. The third kappa shape index (κ3) is 2.21. The summed E-state index contributed by atoms with van der Waals surface area (Å²) in [6, 6.07) is 0. The first kappa shape index (κ1) is 13.0. The molecule has 0 unspecified atom stereocenters. The molecule has 0 saturated carbocycles. The second-order valence-electron chi connectivity index (χ2n) is 5.35. The fourth-order valence-electron chi connectivity index (χ4n) is 2.79. The highest BCUT2D eigenvalue weighted by Gasteiger charge is 2.41. The zero-order valence-corrected chi connectivity index (χ0v) is 10.7. The van der Waals surface area contributed by atoms with Crippen LogP contribution in [-0.2, 0) is 4.79 Å². The predicted molar refractivity (Wildman–Crippen MR) is 66.2 cm³/mol. The normalized spacial score (nSPS) is 34.4. The Hall–Kier alpha value is -1.05. The molecule has 0 saturated heterocycles. The molecule has 0 aromatic heterocycles. The Morgan fingerprint density at radius 1 is 1.69 bits per heavy atom. The second kappa shape index (κ2) is 4.44. The van der Waals surface area contributed by atoms with Gasteiger partial charge in [-0.05, 0) is 32.1 Å². The van der Waals surface area contributed by atoms with Crippen LogP contribution in [-0.4, -0.2) is 11.1 Å². The zero-order valence-electron chi connectivity index (χ0n) is 10.7. The van der Waals surface area contributed by atoms with Gasteiger partial charge in [0.05, 0.1) is 6.42 Å². The molecular formula is C14H22O2. The van der Waals surface area contributed by atoms with E-state index >= 15 is 0 Å². The zero-order chi connectivity index (χ0) is 12.5. The molecular weight excluding hydrogens is 200 g/mol. The lowest BCUT2D eigenvalue weighted by Crippen LogP contribution is -2.37. The number of hydrogen-bond donors (Lipinski definition) is 1. The maximum Gasteiger partial charge on any atom is 0.304 e. The molecule has 2 nitrogen and oxygen atoms in total. The number of hydrogen-bond acceptors (Lipinski definition) is 1. The van der Waals surface area contributed by atoms with Crippen molar-refractivity contribution in [2.75, 3.05) is 0 Å².